The van der Waals surface area contributed by atoms with Gasteiger partial charge in [0.15, 0.2) is 0 Å². The molecule has 0 aromatic heterocycles. The van der Waals surface area contributed by atoms with Gasteiger partial charge in [-0.1, -0.05) is 82.9 Å². The quantitative estimate of drug-likeness (QED) is 0.239. The Labute approximate surface area is 201 Å². The number of carboxylic acids is 1. The third-order valence-corrected chi connectivity index (χ3v) is 7.22. The Hall–Kier alpha value is -1.64. The normalized spacial score (nSPS) is 13.2. The van der Waals surface area contributed by atoms with Crippen molar-refractivity contribution in [1.82, 2.24) is 4.31 Å². The van der Waals surface area contributed by atoms with Gasteiger partial charge in [0, 0.05) is 24.6 Å². The van der Waals surface area contributed by atoms with Crippen molar-refractivity contribution in [3.05, 3.63) is 30.3 Å². The number of aliphatic carboxylic acids is 1. The molecule has 1 N–H and O–H groups in total. The number of hydrogen-bond donors (Lipinski definition) is 1. The molecule has 0 heterocycles. The summed E-state index contributed by atoms with van der Waals surface area (Å²) in [6, 6.07) is 8.02. The van der Waals surface area contributed by atoms with Gasteiger partial charge in [-0.05, 0) is 18.6 Å². The molecule has 0 spiro atoms. The van der Waals surface area contributed by atoms with Gasteiger partial charge in [0.2, 0.25) is 0 Å². The van der Waals surface area contributed by atoms with Crippen LogP contribution < -0.4 is 9.83 Å². The van der Waals surface area contributed by atoms with E-state index in [0.717, 1.165) is 19.3 Å². The van der Waals surface area contributed by atoms with Gasteiger partial charge in [-0.25, -0.2) is 0 Å². The number of rotatable bonds is 19. The Balaban J connectivity index is 2.77. The summed E-state index contributed by atoms with van der Waals surface area (Å²) in [7, 11) is 1.87. The highest BCUT2D eigenvalue weighted by atomic mass is 32.2. The predicted molar refractivity (Wildman–Crippen MR) is 134 cm³/mol. The summed E-state index contributed by atoms with van der Waals surface area (Å²) >= 11 is 0. The van der Waals surface area contributed by atoms with Crippen molar-refractivity contribution in [3.63, 3.8) is 0 Å². The first-order valence-electron chi connectivity index (χ1n) is 12.4. The minimum Gasteiger partial charge on any atom is -0.550 e. The average Bonchev–Trinajstić information content (AvgIpc) is 2.70. The first-order valence-corrected chi connectivity index (χ1v) is 13.8. The molecule has 0 unspecified atom stereocenters. The van der Waals surface area contributed by atoms with Crippen molar-refractivity contribution in [2.45, 2.75) is 83.6 Å². The highest BCUT2D eigenvalue weighted by Crippen LogP contribution is 2.19. The summed E-state index contributed by atoms with van der Waals surface area (Å²) in [5, 5.41) is 11.5. The molecule has 0 saturated heterocycles. The summed E-state index contributed by atoms with van der Waals surface area (Å²) in [5.74, 6) is -1.24. The Morgan fingerprint density at radius 1 is 0.939 bits per heavy atom. The van der Waals surface area contributed by atoms with Crippen LogP contribution in [0.4, 0.5) is 5.69 Å². The number of unbranched alkanes of at least 4 members (excludes halogenated alkanes) is 9. The molecule has 0 aliphatic carbocycles. The van der Waals surface area contributed by atoms with Crippen molar-refractivity contribution in [1.29, 1.82) is 0 Å². The summed E-state index contributed by atoms with van der Waals surface area (Å²) in [5.41, 5.74) is 0.461. The van der Waals surface area contributed by atoms with Gasteiger partial charge in [-0.3, -0.25) is 4.72 Å². The zero-order chi connectivity index (χ0) is 24.7. The first-order chi connectivity index (χ1) is 15.5. The zero-order valence-electron chi connectivity index (χ0n) is 21.1. The second kappa shape index (κ2) is 15.3. The molecule has 7 nitrogen and oxygen atoms in total. The second-order valence-electron chi connectivity index (χ2n) is 9.97. The Morgan fingerprint density at radius 2 is 1.45 bits per heavy atom. The molecule has 33 heavy (non-hydrogen) atoms. The number of benzene rings is 1. The van der Waals surface area contributed by atoms with E-state index in [-0.39, 0.29) is 13.0 Å². The van der Waals surface area contributed by atoms with Crippen LogP contribution in [0.25, 0.3) is 0 Å². The van der Waals surface area contributed by atoms with Crippen molar-refractivity contribution >= 4 is 21.9 Å². The maximum atomic E-state index is 13.3. The molecule has 1 rings (SSSR count). The number of carboxylic acid groups (broad SMARTS) is 1. The van der Waals surface area contributed by atoms with Gasteiger partial charge < -0.3 is 14.4 Å². The molecule has 0 aliphatic heterocycles. The molecule has 1 aromatic carbocycles. The van der Waals surface area contributed by atoms with Gasteiger partial charge in [-0.2, -0.15) is 12.7 Å². The lowest BCUT2D eigenvalue weighted by atomic mass is 10.1. The van der Waals surface area contributed by atoms with Crippen LogP contribution in [-0.2, 0) is 15.0 Å². The van der Waals surface area contributed by atoms with Gasteiger partial charge in [-0.15, -0.1) is 0 Å². The smallest absolute Gasteiger partial charge is 0.302 e. The van der Waals surface area contributed by atoms with E-state index in [1.165, 1.54) is 42.8 Å². The third kappa shape index (κ3) is 13.6. The fourth-order valence-electron chi connectivity index (χ4n) is 4.05. The molecule has 190 valence electrons. The topological polar surface area (TPSA) is 89.5 Å². The molecule has 1 aromatic rings. The van der Waals surface area contributed by atoms with Crippen LogP contribution in [0.2, 0.25) is 0 Å². The molecule has 0 bridgehead atoms. The van der Waals surface area contributed by atoms with Crippen LogP contribution in [0.5, 0.6) is 0 Å². The molecule has 0 fully saturated rings. The first kappa shape index (κ1) is 29.4. The molecule has 0 saturated carbocycles. The molecular weight excluding hydrogens is 438 g/mol. The third-order valence-electron chi connectivity index (χ3n) is 5.63. The van der Waals surface area contributed by atoms with Gasteiger partial charge >= 0.3 is 10.2 Å². The van der Waals surface area contributed by atoms with E-state index in [4.69, 9.17) is 0 Å². The second-order valence-corrected chi connectivity index (χ2v) is 11.6. The van der Waals surface area contributed by atoms with Gasteiger partial charge in [0.05, 0.1) is 33.7 Å². The highest BCUT2D eigenvalue weighted by molar-refractivity contribution is 7.90. The SMILES string of the molecule is CCCCCCCCCCCCN([C@H](CC(=O)[O-])C[N+](C)(C)C)S(=O)(=O)Nc1ccccc1. The number of quaternary nitrogens is 1. The number of hydrogen-bond acceptors (Lipinski definition) is 4. The average molecular weight is 484 g/mol. The number of carbonyl (C=O) groups excluding carboxylic acids is 1. The number of anilines is 1. The van der Waals surface area contributed by atoms with Crippen LogP contribution in [0, 0.1) is 0 Å². The Kier molecular flexibility index (Phi) is 13.6. The molecule has 8 heteroatoms. The standard InChI is InChI=1S/C25H45N3O4S/c1-5-6-7-8-9-10-11-12-13-17-20-27(24(21-25(29)30)22-28(2,3)4)33(31,32)26-23-18-15-14-16-19-23/h14-16,18-19,24,26H,5-13,17,20-22H2,1-4H3/t24-/m1/s1. The fraction of sp³-hybridized carbons (Fsp3) is 0.720. The largest absolute Gasteiger partial charge is 0.550 e. The van der Waals surface area contributed by atoms with Crippen LogP contribution in [0.3, 0.4) is 0 Å². The number of nitrogens with zero attached hydrogens (tertiary/aromatic N) is 2. The molecule has 0 amide bonds. The van der Waals surface area contributed by atoms with Gasteiger partial charge in [0.1, 0.15) is 0 Å². The van der Waals surface area contributed by atoms with E-state index in [1.54, 1.807) is 24.3 Å². The minimum absolute atomic E-state index is 0.288. The lowest BCUT2D eigenvalue weighted by molar-refractivity contribution is -0.872. The molecular formula is C25H45N3O4S. The monoisotopic (exact) mass is 483 g/mol. The highest BCUT2D eigenvalue weighted by Gasteiger charge is 2.33. The van der Waals surface area contributed by atoms with Crippen LogP contribution in [-0.4, -0.2) is 63.4 Å². The van der Waals surface area contributed by atoms with Gasteiger partial charge in [0.25, 0.3) is 0 Å². The van der Waals surface area contributed by atoms with Crippen molar-refractivity contribution in [2.75, 3.05) is 39.0 Å². The number of para-hydroxylation sites is 1. The maximum Gasteiger partial charge on any atom is 0.302 e. The van der Waals surface area contributed by atoms with Crippen molar-refractivity contribution in [2.24, 2.45) is 0 Å². The molecule has 0 radical (unpaired) electrons. The number of nitrogens with one attached hydrogen (secondary N) is 1. The lowest BCUT2D eigenvalue weighted by Gasteiger charge is -2.36. The van der Waals surface area contributed by atoms with Crippen LogP contribution in [0.15, 0.2) is 30.3 Å². The summed E-state index contributed by atoms with van der Waals surface area (Å²) < 4.78 is 31.0. The minimum atomic E-state index is -3.92. The van der Waals surface area contributed by atoms with E-state index < -0.39 is 22.2 Å². The van der Waals surface area contributed by atoms with E-state index >= 15 is 0 Å². The number of carbonyl (C=O) groups is 1. The fourth-order valence-corrected chi connectivity index (χ4v) is 5.50. The van der Waals surface area contributed by atoms with Crippen LogP contribution in [0.1, 0.15) is 77.6 Å². The molecule has 1 atom stereocenters. The Morgan fingerprint density at radius 3 is 1.94 bits per heavy atom. The zero-order valence-corrected chi connectivity index (χ0v) is 21.9. The lowest BCUT2D eigenvalue weighted by Crippen LogP contribution is -2.54. The van der Waals surface area contributed by atoms with Crippen molar-refractivity contribution in [3.8, 4) is 0 Å². The summed E-state index contributed by atoms with van der Waals surface area (Å²) in [6.45, 7) is 2.88. The predicted octanol–water partition coefficient (Wildman–Crippen LogP) is 3.78. The maximum absolute atomic E-state index is 13.3. The van der Waals surface area contributed by atoms with Crippen LogP contribution >= 0.6 is 0 Å². The summed E-state index contributed by atoms with van der Waals surface area (Å²) in [6.07, 6.45) is 11.2. The summed E-state index contributed by atoms with van der Waals surface area (Å²) in [4.78, 5) is 11.5. The van der Waals surface area contributed by atoms with E-state index in [0.29, 0.717) is 23.1 Å². The Bertz CT molecular complexity index is 764. The van der Waals surface area contributed by atoms with E-state index in [2.05, 4.69) is 11.6 Å². The number of likely N-dealkylation sites (N-methyl/N-ethyl adjacent to an activating group) is 1. The van der Waals surface area contributed by atoms with E-state index in [9.17, 15) is 18.3 Å². The molecule has 0 aliphatic rings. The van der Waals surface area contributed by atoms with Crippen molar-refractivity contribution < 1.29 is 22.8 Å². The van der Waals surface area contributed by atoms with E-state index in [1.807, 2.05) is 27.2 Å².